The average molecular weight is 214 g/mol. The van der Waals surface area contributed by atoms with E-state index in [0.29, 0.717) is 23.7 Å². The summed E-state index contributed by atoms with van der Waals surface area (Å²) in [5.41, 5.74) is 1.68. The van der Waals surface area contributed by atoms with E-state index in [9.17, 15) is 4.79 Å². The highest BCUT2D eigenvalue weighted by Crippen LogP contribution is 2.30. The van der Waals surface area contributed by atoms with Crippen molar-refractivity contribution in [3.8, 4) is 5.75 Å². The number of carbonyl (C=O) groups excluding carboxylic acids is 1. The Kier molecular flexibility index (Phi) is 1.99. The van der Waals surface area contributed by atoms with E-state index < -0.39 is 0 Å². The number of ketones is 1. The summed E-state index contributed by atoms with van der Waals surface area (Å²) in [6, 6.07) is 5.64. The molecule has 0 fully saturated rings. The van der Waals surface area contributed by atoms with Crippen LogP contribution in [0.2, 0.25) is 0 Å². The lowest BCUT2D eigenvalue weighted by Crippen LogP contribution is -2.05. The predicted molar refractivity (Wildman–Crippen MR) is 57.7 cm³/mol. The van der Waals surface area contributed by atoms with Crippen LogP contribution in [0.3, 0.4) is 0 Å². The molecule has 16 heavy (non-hydrogen) atoms. The molecule has 80 valence electrons. The maximum absolute atomic E-state index is 12.1. The van der Waals surface area contributed by atoms with E-state index >= 15 is 0 Å². The van der Waals surface area contributed by atoms with Crippen molar-refractivity contribution in [2.45, 2.75) is 6.42 Å². The number of hydrogen-bond donors (Lipinski definition) is 1. The maximum Gasteiger partial charge on any atom is 0.231 e. The molecule has 0 bridgehead atoms. The number of para-hydroxylation sites is 1. The standard InChI is InChI=1S/C12H10N2O2/c15-10(12-13-5-6-14-12)9-3-1-2-8-4-7-16-11(8)9/h1-3,5-6H,4,7H2,(H,13,14). The Hall–Kier alpha value is -2.10. The van der Waals surface area contributed by atoms with Crippen LogP contribution < -0.4 is 4.74 Å². The molecule has 2 aromatic rings. The fraction of sp³-hybridized carbons (Fsp3) is 0.167. The molecule has 1 N–H and O–H groups in total. The zero-order chi connectivity index (χ0) is 11.0. The summed E-state index contributed by atoms with van der Waals surface area (Å²) in [6.45, 7) is 0.651. The molecule has 3 rings (SSSR count). The van der Waals surface area contributed by atoms with Crippen molar-refractivity contribution in [1.29, 1.82) is 0 Å². The first-order chi connectivity index (χ1) is 7.86. The van der Waals surface area contributed by atoms with Gasteiger partial charge in [0.15, 0.2) is 5.82 Å². The molecular formula is C12H10N2O2. The normalized spacial score (nSPS) is 13.2. The first-order valence-corrected chi connectivity index (χ1v) is 5.15. The Balaban J connectivity index is 2.08. The minimum absolute atomic E-state index is 0.122. The Morgan fingerprint density at radius 3 is 3.19 bits per heavy atom. The summed E-state index contributed by atoms with van der Waals surface area (Å²) >= 11 is 0. The highest BCUT2D eigenvalue weighted by atomic mass is 16.5. The molecule has 1 aromatic heterocycles. The number of H-pyrrole nitrogens is 1. The predicted octanol–water partition coefficient (Wildman–Crippen LogP) is 1.58. The van der Waals surface area contributed by atoms with Gasteiger partial charge in [0.25, 0.3) is 0 Å². The van der Waals surface area contributed by atoms with E-state index in [0.717, 1.165) is 12.0 Å². The van der Waals surface area contributed by atoms with Gasteiger partial charge in [-0.05, 0) is 11.6 Å². The number of fused-ring (bicyclic) bond motifs is 1. The van der Waals surface area contributed by atoms with Gasteiger partial charge in [0, 0.05) is 18.8 Å². The first kappa shape index (κ1) is 9.15. The quantitative estimate of drug-likeness (QED) is 0.772. The van der Waals surface area contributed by atoms with Crippen LogP contribution in [0.25, 0.3) is 0 Å². The van der Waals surface area contributed by atoms with Crippen molar-refractivity contribution in [3.63, 3.8) is 0 Å². The van der Waals surface area contributed by atoms with Crippen LogP contribution in [0.5, 0.6) is 5.75 Å². The second kappa shape index (κ2) is 3.48. The maximum atomic E-state index is 12.1. The minimum Gasteiger partial charge on any atom is -0.492 e. The van der Waals surface area contributed by atoms with Crippen LogP contribution >= 0.6 is 0 Å². The molecule has 0 radical (unpaired) electrons. The molecule has 0 saturated heterocycles. The number of nitrogens with one attached hydrogen (secondary N) is 1. The van der Waals surface area contributed by atoms with Gasteiger partial charge in [-0.25, -0.2) is 4.98 Å². The second-order valence-corrected chi connectivity index (χ2v) is 3.66. The molecular weight excluding hydrogens is 204 g/mol. The Morgan fingerprint density at radius 1 is 1.44 bits per heavy atom. The van der Waals surface area contributed by atoms with Crippen LogP contribution in [0.15, 0.2) is 30.6 Å². The van der Waals surface area contributed by atoms with E-state index in [1.807, 2.05) is 12.1 Å². The summed E-state index contributed by atoms with van der Waals surface area (Å²) in [4.78, 5) is 18.9. The van der Waals surface area contributed by atoms with Gasteiger partial charge in [-0.1, -0.05) is 12.1 Å². The van der Waals surface area contributed by atoms with Gasteiger partial charge < -0.3 is 9.72 Å². The molecule has 1 aliphatic heterocycles. The van der Waals surface area contributed by atoms with Gasteiger partial charge in [-0.15, -0.1) is 0 Å². The lowest BCUT2D eigenvalue weighted by Gasteiger charge is -2.04. The van der Waals surface area contributed by atoms with Gasteiger partial charge in [-0.2, -0.15) is 0 Å². The van der Waals surface area contributed by atoms with Gasteiger partial charge in [0.05, 0.1) is 12.2 Å². The number of hydrogen-bond acceptors (Lipinski definition) is 3. The molecule has 0 spiro atoms. The Labute approximate surface area is 92.3 Å². The van der Waals surface area contributed by atoms with Crippen molar-refractivity contribution in [2.24, 2.45) is 0 Å². The van der Waals surface area contributed by atoms with E-state index in [1.54, 1.807) is 18.5 Å². The Morgan fingerprint density at radius 2 is 2.38 bits per heavy atom. The lowest BCUT2D eigenvalue weighted by atomic mass is 10.0. The van der Waals surface area contributed by atoms with Crippen LogP contribution in [-0.4, -0.2) is 22.4 Å². The fourth-order valence-corrected chi connectivity index (χ4v) is 1.91. The highest BCUT2D eigenvalue weighted by Gasteiger charge is 2.22. The highest BCUT2D eigenvalue weighted by molar-refractivity contribution is 6.08. The number of imidazole rings is 1. The number of aromatic amines is 1. The van der Waals surface area contributed by atoms with Crippen LogP contribution in [-0.2, 0) is 6.42 Å². The van der Waals surface area contributed by atoms with E-state index in [4.69, 9.17) is 4.74 Å². The van der Waals surface area contributed by atoms with Crippen LogP contribution in [0.1, 0.15) is 21.7 Å². The van der Waals surface area contributed by atoms with Crippen LogP contribution in [0.4, 0.5) is 0 Å². The summed E-state index contributed by atoms with van der Waals surface area (Å²) < 4.78 is 5.49. The third-order valence-corrected chi connectivity index (χ3v) is 2.67. The number of ether oxygens (including phenoxy) is 1. The number of carbonyl (C=O) groups is 1. The zero-order valence-corrected chi connectivity index (χ0v) is 8.56. The second-order valence-electron chi connectivity index (χ2n) is 3.66. The minimum atomic E-state index is -0.122. The zero-order valence-electron chi connectivity index (χ0n) is 8.56. The van der Waals surface area contributed by atoms with Gasteiger partial charge >= 0.3 is 0 Å². The SMILES string of the molecule is O=C(c1ncc[nH]1)c1cccc2c1OCC2. The van der Waals surface area contributed by atoms with E-state index in [2.05, 4.69) is 9.97 Å². The van der Waals surface area contributed by atoms with Crippen LogP contribution in [0, 0.1) is 0 Å². The molecule has 2 heterocycles. The molecule has 0 atom stereocenters. The van der Waals surface area contributed by atoms with Crippen molar-refractivity contribution < 1.29 is 9.53 Å². The van der Waals surface area contributed by atoms with Crippen molar-refractivity contribution in [2.75, 3.05) is 6.61 Å². The van der Waals surface area contributed by atoms with Crippen molar-refractivity contribution in [3.05, 3.63) is 47.5 Å². The topological polar surface area (TPSA) is 55.0 Å². The largest absolute Gasteiger partial charge is 0.492 e. The van der Waals surface area contributed by atoms with Crippen molar-refractivity contribution in [1.82, 2.24) is 9.97 Å². The first-order valence-electron chi connectivity index (χ1n) is 5.15. The molecule has 0 unspecified atom stereocenters. The molecule has 0 amide bonds. The van der Waals surface area contributed by atoms with Gasteiger partial charge in [0.1, 0.15) is 5.75 Å². The molecule has 4 heteroatoms. The number of aromatic nitrogens is 2. The monoisotopic (exact) mass is 214 g/mol. The number of rotatable bonds is 2. The fourth-order valence-electron chi connectivity index (χ4n) is 1.91. The van der Waals surface area contributed by atoms with E-state index in [1.165, 1.54) is 0 Å². The van der Waals surface area contributed by atoms with Gasteiger partial charge in [0.2, 0.25) is 5.78 Å². The summed E-state index contributed by atoms with van der Waals surface area (Å²) in [7, 11) is 0. The average Bonchev–Trinajstić information content (AvgIpc) is 2.98. The lowest BCUT2D eigenvalue weighted by molar-refractivity contribution is 0.102. The summed E-state index contributed by atoms with van der Waals surface area (Å²) in [5.74, 6) is 0.941. The van der Waals surface area contributed by atoms with E-state index in [-0.39, 0.29) is 5.78 Å². The smallest absolute Gasteiger partial charge is 0.231 e. The molecule has 4 nitrogen and oxygen atoms in total. The number of nitrogens with zero attached hydrogens (tertiary/aromatic N) is 1. The Bertz CT molecular complexity index is 532. The molecule has 0 aliphatic carbocycles. The summed E-state index contributed by atoms with van der Waals surface area (Å²) in [6.07, 6.45) is 4.07. The third-order valence-electron chi connectivity index (χ3n) is 2.67. The molecule has 1 aromatic carbocycles. The third kappa shape index (κ3) is 1.31. The molecule has 1 aliphatic rings. The summed E-state index contributed by atoms with van der Waals surface area (Å²) in [5, 5.41) is 0. The molecule has 0 saturated carbocycles. The number of benzene rings is 1. The van der Waals surface area contributed by atoms with Gasteiger partial charge in [-0.3, -0.25) is 4.79 Å². The van der Waals surface area contributed by atoms with Crippen molar-refractivity contribution >= 4 is 5.78 Å².